The predicted octanol–water partition coefficient (Wildman–Crippen LogP) is 1.13. The van der Waals surface area contributed by atoms with E-state index in [2.05, 4.69) is 5.92 Å². The molecule has 0 bridgehead atoms. The minimum absolute atomic E-state index is 0.136. The molecule has 0 aliphatic rings. The summed E-state index contributed by atoms with van der Waals surface area (Å²) in [5.41, 5.74) is 0. The smallest absolute Gasteiger partial charge is 0.232 e. The monoisotopic (exact) mass is 135 g/mol. The van der Waals surface area contributed by atoms with Gasteiger partial charge in [0.05, 0.1) is 0 Å². The molecule has 1 unspecified atom stereocenters. The van der Waals surface area contributed by atoms with Crippen LogP contribution in [-0.2, 0) is 4.79 Å². The lowest BCUT2D eigenvalue weighted by molar-refractivity contribution is -0.114. The van der Waals surface area contributed by atoms with Crippen molar-refractivity contribution in [3.63, 3.8) is 0 Å². The second-order valence-electron chi connectivity index (χ2n) is 2.25. The molecule has 0 heterocycles. The Morgan fingerprint density at radius 1 is 1.80 bits per heavy atom. The molecule has 0 aliphatic heterocycles. The Hall–Kier alpha value is -1.28. The van der Waals surface area contributed by atoms with E-state index in [1.807, 2.05) is 6.92 Å². The second-order valence-corrected chi connectivity index (χ2v) is 2.25. The SMILES string of the molecule is C#CCC(C)CC(=O)C#N. The van der Waals surface area contributed by atoms with E-state index < -0.39 is 0 Å². The molecule has 2 nitrogen and oxygen atoms in total. The summed E-state index contributed by atoms with van der Waals surface area (Å²) in [6, 6.07) is 1.55. The first-order valence-corrected chi connectivity index (χ1v) is 3.07. The summed E-state index contributed by atoms with van der Waals surface area (Å²) in [6.07, 6.45) is 5.84. The van der Waals surface area contributed by atoms with Gasteiger partial charge < -0.3 is 0 Å². The molecular weight excluding hydrogens is 126 g/mol. The van der Waals surface area contributed by atoms with Crippen LogP contribution in [0.1, 0.15) is 19.8 Å². The minimum Gasteiger partial charge on any atom is -0.283 e. The molecule has 0 aromatic carbocycles. The quantitative estimate of drug-likeness (QED) is 0.430. The normalized spacial score (nSPS) is 11.1. The van der Waals surface area contributed by atoms with Crippen molar-refractivity contribution in [2.75, 3.05) is 0 Å². The number of hydrogen-bond acceptors (Lipinski definition) is 2. The van der Waals surface area contributed by atoms with E-state index in [9.17, 15) is 4.79 Å². The summed E-state index contributed by atoms with van der Waals surface area (Å²) in [6.45, 7) is 1.86. The fourth-order valence-corrected chi connectivity index (χ4v) is 0.635. The lowest BCUT2D eigenvalue weighted by Gasteiger charge is -2.00. The van der Waals surface area contributed by atoms with Gasteiger partial charge in [-0.3, -0.25) is 4.79 Å². The molecule has 0 saturated heterocycles. The van der Waals surface area contributed by atoms with Crippen LogP contribution in [0, 0.1) is 29.6 Å². The Labute approximate surface area is 60.8 Å². The number of terminal acetylenes is 1. The first kappa shape index (κ1) is 8.72. The van der Waals surface area contributed by atoms with Crippen LogP contribution in [-0.4, -0.2) is 5.78 Å². The topological polar surface area (TPSA) is 40.9 Å². The van der Waals surface area contributed by atoms with Gasteiger partial charge in [-0.05, 0) is 5.92 Å². The molecule has 0 rings (SSSR count). The van der Waals surface area contributed by atoms with E-state index in [0.29, 0.717) is 6.42 Å². The number of nitriles is 1. The molecule has 0 fully saturated rings. The van der Waals surface area contributed by atoms with Crippen LogP contribution >= 0.6 is 0 Å². The van der Waals surface area contributed by atoms with Gasteiger partial charge in [-0.2, -0.15) is 5.26 Å². The number of carbonyl (C=O) groups is 1. The first-order valence-electron chi connectivity index (χ1n) is 3.07. The highest BCUT2D eigenvalue weighted by molar-refractivity contribution is 5.93. The molecule has 0 N–H and O–H groups in total. The predicted molar refractivity (Wildman–Crippen MR) is 37.9 cm³/mol. The molecule has 0 aliphatic carbocycles. The Kier molecular flexibility index (Phi) is 4.00. The number of rotatable bonds is 3. The molecule has 0 saturated carbocycles. The number of hydrogen-bond donors (Lipinski definition) is 0. The Balaban J connectivity index is 3.62. The van der Waals surface area contributed by atoms with Gasteiger partial charge in [0.2, 0.25) is 5.78 Å². The number of Topliss-reactive ketones (excluding diaryl/α,β-unsaturated/α-hetero) is 1. The third-order valence-corrected chi connectivity index (χ3v) is 1.12. The van der Waals surface area contributed by atoms with E-state index >= 15 is 0 Å². The third-order valence-electron chi connectivity index (χ3n) is 1.12. The largest absolute Gasteiger partial charge is 0.283 e. The molecule has 1 atom stereocenters. The van der Waals surface area contributed by atoms with E-state index in [1.165, 1.54) is 0 Å². The van der Waals surface area contributed by atoms with Crippen LogP contribution in [0.2, 0.25) is 0 Å². The molecular formula is C8H9NO. The van der Waals surface area contributed by atoms with Crippen molar-refractivity contribution in [3.8, 4) is 18.4 Å². The molecule has 0 radical (unpaired) electrons. The van der Waals surface area contributed by atoms with Gasteiger partial charge >= 0.3 is 0 Å². The summed E-state index contributed by atoms with van der Waals surface area (Å²) < 4.78 is 0. The Bertz CT molecular complexity index is 194. The summed E-state index contributed by atoms with van der Waals surface area (Å²) in [7, 11) is 0. The standard InChI is InChI=1S/C8H9NO/c1-3-4-7(2)5-8(10)6-9/h1,7H,4-5H2,2H3. The summed E-state index contributed by atoms with van der Waals surface area (Å²) in [4.78, 5) is 10.5. The first-order chi connectivity index (χ1) is 4.70. The lowest BCUT2D eigenvalue weighted by atomic mass is 10.0. The van der Waals surface area contributed by atoms with Gasteiger partial charge in [0.25, 0.3) is 0 Å². The Morgan fingerprint density at radius 2 is 2.40 bits per heavy atom. The van der Waals surface area contributed by atoms with Crippen LogP contribution in [0.3, 0.4) is 0 Å². The summed E-state index contributed by atoms with van der Waals surface area (Å²) in [5, 5.41) is 8.10. The molecule has 10 heavy (non-hydrogen) atoms. The van der Waals surface area contributed by atoms with E-state index in [4.69, 9.17) is 11.7 Å². The van der Waals surface area contributed by atoms with Crippen molar-refractivity contribution >= 4 is 5.78 Å². The summed E-state index contributed by atoms with van der Waals surface area (Å²) in [5.74, 6) is 2.19. The maximum Gasteiger partial charge on any atom is 0.232 e. The molecule has 0 aromatic heterocycles. The zero-order chi connectivity index (χ0) is 7.98. The molecule has 0 aromatic rings. The highest BCUT2D eigenvalue weighted by atomic mass is 16.1. The van der Waals surface area contributed by atoms with Gasteiger partial charge in [0, 0.05) is 12.8 Å². The maximum absolute atomic E-state index is 10.5. The molecule has 0 spiro atoms. The maximum atomic E-state index is 10.5. The highest BCUT2D eigenvalue weighted by Crippen LogP contribution is 2.05. The number of carbonyl (C=O) groups excluding carboxylic acids is 1. The minimum atomic E-state index is -0.386. The zero-order valence-corrected chi connectivity index (χ0v) is 5.92. The fourth-order valence-electron chi connectivity index (χ4n) is 0.635. The molecule has 0 amide bonds. The lowest BCUT2D eigenvalue weighted by Crippen LogP contribution is -2.01. The number of ketones is 1. The van der Waals surface area contributed by atoms with E-state index in [-0.39, 0.29) is 18.1 Å². The van der Waals surface area contributed by atoms with Crippen molar-refractivity contribution < 1.29 is 4.79 Å². The average molecular weight is 135 g/mol. The highest BCUT2D eigenvalue weighted by Gasteiger charge is 2.05. The van der Waals surface area contributed by atoms with Gasteiger partial charge in [-0.1, -0.05) is 6.92 Å². The Morgan fingerprint density at radius 3 is 2.80 bits per heavy atom. The van der Waals surface area contributed by atoms with Gasteiger partial charge in [-0.25, -0.2) is 0 Å². The molecule has 2 heteroatoms. The van der Waals surface area contributed by atoms with Crippen molar-refractivity contribution in [1.82, 2.24) is 0 Å². The van der Waals surface area contributed by atoms with Crippen molar-refractivity contribution in [3.05, 3.63) is 0 Å². The van der Waals surface area contributed by atoms with Crippen molar-refractivity contribution in [2.24, 2.45) is 5.92 Å². The van der Waals surface area contributed by atoms with Crippen molar-refractivity contribution in [1.29, 1.82) is 5.26 Å². The zero-order valence-electron chi connectivity index (χ0n) is 5.92. The van der Waals surface area contributed by atoms with Crippen LogP contribution < -0.4 is 0 Å². The van der Waals surface area contributed by atoms with Gasteiger partial charge in [0.1, 0.15) is 6.07 Å². The van der Waals surface area contributed by atoms with E-state index in [1.54, 1.807) is 6.07 Å². The fraction of sp³-hybridized carbons (Fsp3) is 0.500. The van der Waals surface area contributed by atoms with E-state index in [0.717, 1.165) is 0 Å². The van der Waals surface area contributed by atoms with Gasteiger partial charge in [0.15, 0.2) is 0 Å². The van der Waals surface area contributed by atoms with Crippen molar-refractivity contribution in [2.45, 2.75) is 19.8 Å². The average Bonchev–Trinajstić information content (AvgIpc) is 1.88. The second kappa shape index (κ2) is 4.58. The van der Waals surface area contributed by atoms with Crippen LogP contribution in [0.25, 0.3) is 0 Å². The van der Waals surface area contributed by atoms with Gasteiger partial charge in [-0.15, -0.1) is 12.3 Å². The third kappa shape index (κ3) is 3.69. The number of nitrogens with zero attached hydrogens (tertiary/aromatic N) is 1. The van der Waals surface area contributed by atoms with Crippen LogP contribution in [0.5, 0.6) is 0 Å². The molecule has 52 valence electrons. The van der Waals surface area contributed by atoms with Crippen LogP contribution in [0.4, 0.5) is 0 Å². The summed E-state index contributed by atoms with van der Waals surface area (Å²) >= 11 is 0. The van der Waals surface area contributed by atoms with Crippen LogP contribution in [0.15, 0.2) is 0 Å².